The molecular formula is C15H19NO4. The van der Waals surface area contributed by atoms with E-state index in [1.54, 1.807) is 36.2 Å². The lowest BCUT2D eigenvalue weighted by molar-refractivity contribution is -0.132. The minimum atomic E-state index is -0.946. The van der Waals surface area contributed by atoms with Gasteiger partial charge in [0.15, 0.2) is 0 Å². The van der Waals surface area contributed by atoms with Gasteiger partial charge in [0.2, 0.25) is 5.91 Å². The van der Waals surface area contributed by atoms with Crippen LogP contribution in [0, 0.1) is 5.92 Å². The second-order valence-corrected chi connectivity index (χ2v) is 5.03. The van der Waals surface area contributed by atoms with Crippen molar-refractivity contribution in [3.05, 3.63) is 35.4 Å². The molecule has 0 saturated heterocycles. The number of aromatic carboxylic acids is 1. The first-order valence-electron chi connectivity index (χ1n) is 6.71. The van der Waals surface area contributed by atoms with Crippen molar-refractivity contribution >= 4 is 11.9 Å². The van der Waals surface area contributed by atoms with Gasteiger partial charge in [0.25, 0.3) is 0 Å². The zero-order valence-electron chi connectivity index (χ0n) is 11.7. The van der Waals surface area contributed by atoms with Crippen molar-refractivity contribution in [2.75, 3.05) is 13.7 Å². The molecule has 0 spiro atoms. The number of hydrogen-bond donors (Lipinski definition) is 1. The second-order valence-electron chi connectivity index (χ2n) is 5.03. The summed E-state index contributed by atoms with van der Waals surface area (Å²) in [5.41, 5.74) is 1.17. The van der Waals surface area contributed by atoms with E-state index in [1.165, 1.54) is 0 Å². The van der Waals surface area contributed by atoms with Crippen LogP contribution in [-0.2, 0) is 16.1 Å². The summed E-state index contributed by atoms with van der Waals surface area (Å²) < 4.78 is 5.42. The van der Waals surface area contributed by atoms with Crippen LogP contribution < -0.4 is 0 Å². The molecule has 0 heterocycles. The summed E-state index contributed by atoms with van der Waals surface area (Å²) >= 11 is 0. The maximum Gasteiger partial charge on any atom is 0.335 e. The summed E-state index contributed by atoms with van der Waals surface area (Å²) in [4.78, 5) is 24.5. The molecule has 5 heteroatoms. The highest BCUT2D eigenvalue weighted by Crippen LogP contribution is 2.35. The van der Waals surface area contributed by atoms with Gasteiger partial charge in [-0.05, 0) is 31.0 Å². The van der Waals surface area contributed by atoms with Crippen molar-refractivity contribution in [1.82, 2.24) is 4.90 Å². The van der Waals surface area contributed by atoms with E-state index in [1.807, 2.05) is 6.92 Å². The van der Waals surface area contributed by atoms with Gasteiger partial charge in [-0.2, -0.15) is 0 Å². The molecule has 1 aliphatic rings. The molecule has 1 N–H and O–H groups in total. The molecule has 0 bridgehead atoms. The Bertz CT molecular complexity index is 497. The lowest BCUT2D eigenvalue weighted by atomic mass is 10.1. The standard InChI is InChI=1S/C15H19NO4/c1-3-20-13-8-12(13)14(17)16(2)9-10-4-6-11(7-5-10)15(18)19/h4-7,12-13H,3,8-9H2,1-2H3,(H,18,19)/t12-,13-/m0/s1. The first kappa shape index (κ1) is 14.5. The highest BCUT2D eigenvalue weighted by atomic mass is 16.5. The Morgan fingerprint density at radius 3 is 2.55 bits per heavy atom. The van der Waals surface area contributed by atoms with Crippen LogP contribution in [0.3, 0.4) is 0 Å². The fourth-order valence-electron chi connectivity index (χ4n) is 2.22. The molecule has 0 aliphatic heterocycles. The molecule has 1 aromatic rings. The third kappa shape index (κ3) is 3.36. The quantitative estimate of drug-likeness (QED) is 0.860. The number of rotatable bonds is 6. The van der Waals surface area contributed by atoms with Crippen LogP contribution in [0.4, 0.5) is 0 Å². The van der Waals surface area contributed by atoms with Crippen molar-refractivity contribution in [2.45, 2.75) is 26.0 Å². The van der Waals surface area contributed by atoms with Gasteiger partial charge in [0.1, 0.15) is 0 Å². The van der Waals surface area contributed by atoms with Crippen molar-refractivity contribution < 1.29 is 19.4 Å². The van der Waals surface area contributed by atoms with Gasteiger partial charge in [0.05, 0.1) is 17.6 Å². The van der Waals surface area contributed by atoms with Crippen LogP contribution in [-0.4, -0.2) is 41.6 Å². The molecule has 0 unspecified atom stereocenters. The van der Waals surface area contributed by atoms with Crippen LogP contribution >= 0.6 is 0 Å². The molecule has 2 rings (SSSR count). The first-order valence-corrected chi connectivity index (χ1v) is 6.71. The average Bonchev–Trinajstić information content (AvgIpc) is 3.18. The Balaban J connectivity index is 1.89. The number of ether oxygens (including phenoxy) is 1. The zero-order valence-corrected chi connectivity index (χ0v) is 11.7. The predicted octanol–water partition coefficient (Wildman–Crippen LogP) is 1.77. The number of carbonyl (C=O) groups excluding carboxylic acids is 1. The van der Waals surface area contributed by atoms with Gasteiger partial charge in [-0.15, -0.1) is 0 Å². The molecule has 1 fully saturated rings. The number of carbonyl (C=O) groups is 2. The molecule has 1 saturated carbocycles. The maximum absolute atomic E-state index is 12.1. The molecule has 1 amide bonds. The summed E-state index contributed by atoms with van der Waals surface area (Å²) in [7, 11) is 1.76. The van der Waals surface area contributed by atoms with E-state index in [0.717, 1.165) is 12.0 Å². The fourth-order valence-corrected chi connectivity index (χ4v) is 2.22. The van der Waals surface area contributed by atoms with Crippen LogP contribution in [0.5, 0.6) is 0 Å². The lowest BCUT2D eigenvalue weighted by Crippen LogP contribution is -2.28. The van der Waals surface area contributed by atoms with Crippen LogP contribution in [0.15, 0.2) is 24.3 Å². The van der Waals surface area contributed by atoms with E-state index in [4.69, 9.17) is 9.84 Å². The number of amides is 1. The number of nitrogens with zero attached hydrogens (tertiary/aromatic N) is 1. The Kier molecular flexibility index (Phi) is 4.39. The average molecular weight is 277 g/mol. The monoisotopic (exact) mass is 277 g/mol. The molecule has 0 aromatic heterocycles. The van der Waals surface area contributed by atoms with Gasteiger partial charge in [-0.3, -0.25) is 4.79 Å². The smallest absolute Gasteiger partial charge is 0.335 e. The maximum atomic E-state index is 12.1. The van der Waals surface area contributed by atoms with E-state index >= 15 is 0 Å². The molecule has 20 heavy (non-hydrogen) atoms. The number of carboxylic acids is 1. The zero-order chi connectivity index (χ0) is 14.7. The Morgan fingerprint density at radius 2 is 2.00 bits per heavy atom. The Morgan fingerprint density at radius 1 is 1.35 bits per heavy atom. The Labute approximate surface area is 118 Å². The number of hydrogen-bond acceptors (Lipinski definition) is 3. The van der Waals surface area contributed by atoms with Crippen molar-refractivity contribution in [3.8, 4) is 0 Å². The fraction of sp³-hybridized carbons (Fsp3) is 0.467. The van der Waals surface area contributed by atoms with Gasteiger partial charge < -0.3 is 14.7 Å². The molecule has 108 valence electrons. The van der Waals surface area contributed by atoms with Gasteiger partial charge in [-0.1, -0.05) is 12.1 Å². The third-order valence-corrected chi connectivity index (χ3v) is 3.43. The lowest BCUT2D eigenvalue weighted by Gasteiger charge is -2.17. The normalized spacial score (nSPS) is 20.5. The molecule has 2 atom stereocenters. The molecular weight excluding hydrogens is 258 g/mol. The summed E-state index contributed by atoms with van der Waals surface area (Å²) in [6.45, 7) is 3.04. The van der Waals surface area contributed by atoms with E-state index in [2.05, 4.69) is 0 Å². The third-order valence-electron chi connectivity index (χ3n) is 3.43. The van der Waals surface area contributed by atoms with Gasteiger partial charge in [-0.25, -0.2) is 4.79 Å². The van der Waals surface area contributed by atoms with E-state index in [-0.39, 0.29) is 23.5 Å². The largest absolute Gasteiger partial charge is 0.478 e. The van der Waals surface area contributed by atoms with Gasteiger partial charge in [0, 0.05) is 20.2 Å². The first-order chi connectivity index (χ1) is 9.52. The topological polar surface area (TPSA) is 66.8 Å². The van der Waals surface area contributed by atoms with Crippen molar-refractivity contribution in [3.63, 3.8) is 0 Å². The number of benzene rings is 1. The van der Waals surface area contributed by atoms with Crippen LogP contribution in [0.2, 0.25) is 0 Å². The van der Waals surface area contributed by atoms with E-state index < -0.39 is 5.97 Å². The summed E-state index contributed by atoms with van der Waals surface area (Å²) in [6, 6.07) is 6.58. The molecule has 1 aliphatic carbocycles. The van der Waals surface area contributed by atoms with E-state index in [0.29, 0.717) is 13.2 Å². The Hall–Kier alpha value is -1.88. The molecule has 0 radical (unpaired) electrons. The summed E-state index contributed by atoms with van der Waals surface area (Å²) in [5, 5.41) is 8.83. The SMILES string of the molecule is CCO[C@H]1C[C@@H]1C(=O)N(C)Cc1ccc(C(=O)O)cc1. The molecule has 1 aromatic carbocycles. The minimum absolute atomic E-state index is 0.0155. The predicted molar refractivity (Wildman–Crippen MR) is 73.4 cm³/mol. The van der Waals surface area contributed by atoms with Crippen molar-refractivity contribution in [2.24, 2.45) is 5.92 Å². The van der Waals surface area contributed by atoms with Gasteiger partial charge >= 0.3 is 5.97 Å². The van der Waals surface area contributed by atoms with Crippen LogP contribution in [0.1, 0.15) is 29.3 Å². The molecule has 5 nitrogen and oxygen atoms in total. The van der Waals surface area contributed by atoms with E-state index in [9.17, 15) is 9.59 Å². The van der Waals surface area contributed by atoms with Crippen LogP contribution in [0.25, 0.3) is 0 Å². The summed E-state index contributed by atoms with van der Waals surface area (Å²) in [6.07, 6.45) is 0.874. The number of carboxylic acid groups (broad SMARTS) is 1. The summed E-state index contributed by atoms with van der Waals surface area (Å²) in [5.74, 6) is -0.873. The minimum Gasteiger partial charge on any atom is -0.478 e. The van der Waals surface area contributed by atoms with Crippen molar-refractivity contribution in [1.29, 1.82) is 0 Å². The highest BCUT2D eigenvalue weighted by Gasteiger charge is 2.45. The highest BCUT2D eigenvalue weighted by molar-refractivity contribution is 5.87. The second kappa shape index (κ2) is 6.05.